The predicted molar refractivity (Wildman–Crippen MR) is 130 cm³/mol. The molecule has 0 saturated carbocycles. The molecular weight excluding hydrogens is 473 g/mol. The van der Waals surface area contributed by atoms with E-state index in [1.807, 2.05) is 30.3 Å². The van der Waals surface area contributed by atoms with E-state index in [2.05, 4.69) is 29.0 Å². The van der Waals surface area contributed by atoms with Crippen LogP contribution in [0.2, 0.25) is 0 Å². The van der Waals surface area contributed by atoms with Gasteiger partial charge in [-0.1, -0.05) is 24.3 Å². The van der Waals surface area contributed by atoms with Gasteiger partial charge in [0.05, 0.1) is 22.6 Å². The Kier molecular flexibility index (Phi) is 7.14. The van der Waals surface area contributed by atoms with Gasteiger partial charge in [-0.05, 0) is 49.8 Å². The fourth-order valence-corrected chi connectivity index (χ4v) is 4.15. The topological polar surface area (TPSA) is 76.5 Å². The van der Waals surface area contributed by atoms with Gasteiger partial charge in [0.1, 0.15) is 0 Å². The Bertz CT molecular complexity index is 1310. The van der Waals surface area contributed by atoms with Crippen molar-refractivity contribution in [3.05, 3.63) is 71.2 Å². The van der Waals surface area contributed by atoms with Crippen molar-refractivity contribution in [3.63, 3.8) is 0 Å². The number of nitrogens with zero attached hydrogens (tertiary/aromatic N) is 3. The molecule has 188 valence electrons. The number of hydrogen-bond donors (Lipinski definition) is 1. The molecule has 4 rings (SSSR count). The minimum atomic E-state index is -5.18. The summed E-state index contributed by atoms with van der Waals surface area (Å²) in [6, 6.07) is 12.6. The fraction of sp³-hybridized carbons (Fsp3) is 0.269. The number of nitrogens with one attached hydrogen (secondary N) is 1. The first kappa shape index (κ1) is 25.0. The first-order valence-corrected chi connectivity index (χ1v) is 11.5. The lowest BCUT2D eigenvalue weighted by molar-refractivity contribution is -0.199. The number of hydrogen-bond acceptors (Lipinski definition) is 5. The molecule has 0 fully saturated rings. The number of halogens is 3. The maximum absolute atomic E-state index is 13.0. The first-order valence-electron chi connectivity index (χ1n) is 11.5. The molecule has 1 N–H and O–H groups in total. The Balaban J connectivity index is 1.72. The monoisotopic (exact) mass is 498 g/mol. The van der Waals surface area contributed by atoms with Crippen LogP contribution in [0.15, 0.2) is 48.7 Å². The number of fused-ring (bicyclic) bond motifs is 1. The van der Waals surface area contributed by atoms with Gasteiger partial charge in [-0.15, -0.1) is 0 Å². The van der Waals surface area contributed by atoms with Crippen molar-refractivity contribution in [3.8, 4) is 11.3 Å². The highest BCUT2D eigenvalue weighted by atomic mass is 19.4. The standard InChI is InChI=1S/C26H25F3N4O3/c1-3-32(4-2)21-8-6-5-7-17(21)9-10-19-15-18(11-13-30-19)23-16-20-22(12-14-31-24(20)34)33(23)36-25(35)26(27,28)29/h5-11,13,15-16H,3-4,12,14H2,1-2H3,(H,31,34). The van der Waals surface area contributed by atoms with Crippen LogP contribution in [0, 0.1) is 0 Å². The van der Waals surface area contributed by atoms with Crippen LogP contribution in [-0.2, 0) is 11.2 Å². The average molecular weight is 499 g/mol. The number of carbonyl (C=O) groups is 2. The number of aromatic nitrogens is 2. The van der Waals surface area contributed by atoms with Gasteiger partial charge in [0.25, 0.3) is 5.91 Å². The number of alkyl halides is 3. The summed E-state index contributed by atoms with van der Waals surface area (Å²) in [6.07, 6.45) is 0.254. The molecule has 0 saturated heterocycles. The van der Waals surface area contributed by atoms with Crippen molar-refractivity contribution in [2.75, 3.05) is 24.5 Å². The third kappa shape index (κ3) is 5.12. The molecule has 0 radical (unpaired) electrons. The summed E-state index contributed by atoms with van der Waals surface area (Å²) >= 11 is 0. The highest BCUT2D eigenvalue weighted by Gasteiger charge is 2.43. The normalized spacial score (nSPS) is 13.4. The highest BCUT2D eigenvalue weighted by molar-refractivity contribution is 5.98. The van der Waals surface area contributed by atoms with Gasteiger partial charge in [0.2, 0.25) is 0 Å². The van der Waals surface area contributed by atoms with Crippen LogP contribution in [0.1, 0.15) is 41.2 Å². The molecule has 0 bridgehead atoms. The van der Waals surface area contributed by atoms with Gasteiger partial charge in [-0.3, -0.25) is 9.78 Å². The molecule has 7 nitrogen and oxygen atoms in total. The third-order valence-electron chi connectivity index (χ3n) is 5.90. The Labute approximate surface area is 206 Å². The fourth-order valence-electron chi connectivity index (χ4n) is 4.15. The van der Waals surface area contributed by atoms with Crippen LogP contribution in [0.4, 0.5) is 18.9 Å². The summed E-state index contributed by atoms with van der Waals surface area (Å²) in [5.41, 5.74) is 3.56. The quantitative estimate of drug-likeness (QED) is 0.524. The van der Waals surface area contributed by atoms with Gasteiger partial charge < -0.3 is 15.1 Å². The molecule has 0 spiro atoms. The molecule has 1 aromatic carbocycles. The van der Waals surface area contributed by atoms with Gasteiger partial charge in [-0.2, -0.15) is 17.9 Å². The summed E-state index contributed by atoms with van der Waals surface area (Å²) in [4.78, 5) is 35.2. The minimum absolute atomic E-state index is 0.148. The molecule has 36 heavy (non-hydrogen) atoms. The SMILES string of the molecule is CCN(CC)c1ccccc1C=Cc1cc(-c2cc3c(n2OC(=O)C(F)(F)F)CCNC3=O)ccn1. The molecule has 0 unspecified atom stereocenters. The Morgan fingerprint density at radius 1 is 1.17 bits per heavy atom. The molecule has 1 amide bonds. The molecular formula is C26H25F3N4O3. The average Bonchev–Trinajstić information content (AvgIpc) is 3.23. The molecule has 2 aromatic heterocycles. The van der Waals surface area contributed by atoms with Gasteiger partial charge in [0, 0.05) is 43.5 Å². The first-order chi connectivity index (χ1) is 17.2. The minimum Gasteiger partial charge on any atom is -0.372 e. The number of amides is 1. The number of rotatable bonds is 7. The van der Waals surface area contributed by atoms with E-state index < -0.39 is 18.1 Å². The number of para-hydroxylation sites is 1. The van der Waals surface area contributed by atoms with Crippen molar-refractivity contribution >= 4 is 29.7 Å². The van der Waals surface area contributed by atoms with Crippen molar-refractivity contribution in [1.29, 1.82) is 0 Å². The van der Waals surface area contributed by atoms with Crippen LogP contribution >= 0.6 is 0 Å². The predicted octanol–water partition coefficient (Wildman–Crippen LogP) is 4.37. The van der Waals surface area contributed by atoms with E-state index in [-0.39, 0.29) is 29.9 Å². The number of anilines is 1. The Morgan fingerprint density at radius 3 is 2.64 bits per heavy atom. The lowest BCUT2D eigenvalue weighted by Gasteiger charge is -2.23. The maximum Gasteiger partial charge on any atom is 0.493 e. The molecule has 1 aliphatic rings. The molecule has 0 atom stereocenters. The van der Waals surface area contributed by atoms with E-state index in [1.165, 1.54) is 12.3 Å². The summed E-state index contributed by atoms with van der Waals surface area (Å²) < 4.78 is 39.7. The molecule has 3 aromatic rings. The highest BCUT2D eigenvalue weighted by Crippen LogP contribution is 2.29. The van der Waals surface area contributed by atoms with Crippen molar-refractivity contribution < 1.29 is 27.6 Å². The third-order valence-corrected chi connectivity index (χ3v) is 5.90. The second-order valence-electron chi connectivity index (χ2n) is 8.10. The van der Waals surface area contributed by atoms with Crippen LogP contribution in [0.5, 0.6) is 0 Å². The lowest BCUT2D eigenvalue weighted by atomic mass is 10.1. The number of carbonyl (C=O) groups excluding carboxylic acids is 2. The molecule has 3 heterocycles. The zero-order valence-electron chi connectivity index (χ0n) is 19.8. The number of benzene rings is 1. The van der Waals surface area contributed by atoms with Gasteiger partial charge >= 0.3 is 12.1 Å². The van der Waals surface area contributed by atoms with E-state index in [0.717, 1.165) is 29.1 Å². The second kappa shape index (κ2) is 10.3. The van der Waals surface area contributed by atoms with E-state index in [9.17, 15) is 22.8 Å². The van der Waals surface area contributed by atoms with Gasteiger partial charge in [0.15, 0.2) is 0 Å². The van der Waals surface area contributed by atoms with Crippen LogP contribution in [-0.4, -0.2) is 47.4 Å². The van der Waals surface area contributed by atoms with Crippen molar-refractivity contribution in [1.82, 2.24) is 15.0 Å². The van der Waals surface area contributed by atoms with Gasteiger partial charge in [-0.25, -0.2) is 4.79 Å². The maximum atomic E-state index is 13.0. The van der Waals surface area contributed by atoms with E-state index in [4.69, 9.17) is 4.84 Å². The summed E-state index contributed by atoms with van der Waals surface area (Å²) in [5.74, 6) is -2.81. The van der Waals surface area contributed by atoms with E-state index in [0.29, 0.717) is 11.3 Å². The smallest absolute Gasteiger partial charge is 0.372 e. The van der Waals surface area contributed by atoms with Crippen LogP contribution in [0.25, 0.3) is 23.4 Å². The van der Waals surface area contributed by atoms with E-state index in [1.54, 1.807) is 18.2 Å². The summed E-state index contributed by atoms with van der Waals surface area (Å²) in [5, 5.41) is 2.65. The summed E-state index contributed by atoms with van der Waals surface area (Å²) in [6.45, 7) is 6.07. The largest absolute Gasteiger partial charge is 0.493 e. The lowest BCUT2D eigenvalue weighted by Crippen LogP contribution is -2.37. The second-order valence-corrected chi connectivity index (χ2v) is 8.10. The molecule has 0 aliphatic carbocycles. The summed E-state index contributed by atoms with van der Waals surface area (Å²) in [7, 11) is 0. The van der Waals surface area contributed by atoms with E-state index >= 15 is 0 Å². The Hall–Kier alpha value is -4.08. The molecule has 10 heteroatoms. The van der Waals surface area contributed by atoms with Crippen LogP contribution < -0.4 is 15.1 Å². The zero-order chi connectivity index (χ0) is 25.9. The zero-order valence-corrected chi connectivity index (χ0v) is 19.8. The number of pyridine rings is 1. The van der Waals surface area contributed by atoms with Crippen molar-refractivity contribution in [2.24, 2.45) is 0 Å². The Morgan fingerprint density at radius 2 is 1.92 bits per heavy atom. The molecule has 1 aliphatic heterocycles. The van der Waals surface area contributed by atoms with Crippen LogP contribution in [0.3, 0.4) is 0 Å². The van der Waals surface area contributed by atoms with Crippen molar-refractivity contribution in [2.45, 2.75) is 26.4 Å².